The van der Waals surface area contributed by atoms with Gasteiger partial charge in [0.15, 0.2) is 28.8 Å². The second kappa shape index (κ2) is 11.2. The summed E-state index contributed by atoms with van der Waals surface area (Å²) in [5, 5.41) is 19.8. The standard InChI is InChI=1S/C27H31FN6O5/c1-14(2)33-12-18(26(37)34(15(3)4)27(33)38)20(36)11-17-6-7-21(19(28)10-17)39-22-8-9-29-24-23(22)25(32-31-24)30-16(5)13-35/h6-10,12,14-16,35H,11,13H2,1-5H3,(H2,29,30,31,32)/t16-/m1/s1. The van der Waals surface area contributed by atoms with Crippen molar-refractivity contribution in [2.45, 2.75) is 59.2 Å². The maximum absolute atomic E-state index is 15.1. The minimum absolute atomic E-state index is 0.0865. The van der Waals surface area contributed by atoms with E-state index in [2.05, 4.69) is 20.5 Å². The number of carbonyl (C=O) groups is 1. The summed E-state index contributed by atoms with van der Waals surface area (Å²) in [5.74, 6) is -0.642. The van der Waals surface area contributed by atoms with Gasteiger partial charge in [-0.3, -0.25) is 23.8 Å². The normalized spacial score (nSPS) is 12.3. The van der Waals surface area contributed by atoms with Crippen molar-refractivity contribution < 1.29 is 19.0 Å². The first-order valence-corrected chi connectivity index (χ1v) is 12.6. The molecule has 0 unspecified atom stereocenters. The highest BCUT2D eigenvalue weighted by Gasteiger charge is 2.21. The number of pyridine rings is 1. The molecule has 0 amide bonds. The second-order valence-corrected chi connectivity index (χ2v) is 9.89. The lowest BCUT2D eigenvalue weighted by molar-refractivity contribution is 0.0989. The number of carbonyl (C=O) groups excluding carboxylic acids is 1. The minimum atomic E-state index is -0.710. The molecule has 0 aliphatic heterocycles. The van der Waals surface area contributed by atoms with E-state index < -0.39 is 28.9 Å². The van der Waals surface area contributed by atoms with Crippen molar-refractivity contribution in [3.63, 3.8) is 0 Å². The zero-order valence-corrected chi connectivity index (χ0v) is 22.4. The lowest BCUT2D eigenvalue weighted by Gasteiger charge is -2.17. The molecule has 3 heterocycles. The van der Waals surface area contributed by atoms with Gasteiger partial charge < -0.3 is 15.2 Å². The fourth-order valence-electron chi connectivity index (χ4n) is 4.13. The Kier molecular flexibility index (Phi) is 7.95. The van der Waals surface area contributed by atoms with Crippen LogP contribution in [0.2, 0.25) is 0 Å². The number of H-pyrrole nitrogens is 1. The maximum Gasteiger partial charge on any atom is 0.331 e. The number of ether oxygens (including phenoxy) is 1. The molecule has 3 aromatic heterocycles. The van der Waals surface area contributed by atoms with E-state index in [-0.39, 0.29) is 42.2 Å². The number of rotatable bonds is 10. The summed E-state index contributed by atoms with van der Waals surface area (Å²) in [5.41, 5.74) is -0.531. The molecule has 0 spiro atoms. The van der Waals surface area contributed by atoms with Crippen LogP contribution in [-0.2, 0) is 6.42 Å². The van der Waals surface area contributed by atoms with Gasteiger partial charge in [-0.15, -0.1) is 0 Å². The van der Waals surface area contributed by atoms with Crippen LogP contribution in [0.25, 0.3) is 11.0 Å². The van der Waals surface area contributed by atoms with Gasteiger partial charge in [-0.2, -0.15) is 5.10 Å². The number of nitrogens with one attached hydrogen (secondary N) is 2. The molecule has 0 saturated heterocycles. The van der Waals surface area contributed by atoms with Crippen LogP contribution in [0, 0.1) is 5.82 Å². The van der Waals surface area contributed by atoms with Crippen LogP contribution in [0.15, 0.2) is 46.2 Å². The van der Waals surface area contributed by atoms with Gasteiger partial charge in [0.25, 0.3) is 5.56 Å². The van der Waals surface area contributed by atoms with Gasteiger partial charge in [0.05, 0.1) is 12.2 Å². The fraction of sp³-hybridized carbons (Fsp3) is 0.370. The molecule has 4 aromatic rings. The number of anilines is 1. The summed E-state index contributed by atoms with van der Waals surface area (Å²) in [6, 6.07) is 4.68. The molecule has 0 fully saturated rings. The molecule has 1 aromatic carbocycles. The summed E-state index contributed by atoms with van der Waals surface area (Å²) >= 11 is 0. The van der Waals surface area contributed by atoms with Crippen LogP contribution in [0.3, 0.4) is 0 Å². The second-order valence-electron chi connectivity index (χ2n) is 9.89. The van der Waals surface area contributed by atoms with Crippen molar-refractivity contribution in [3.05, 3.63) is 74.4 Å². The molecule has 0 saturated carbocycles. The third kappa shape index (κ3) is 5.60. The highest BCUT2D eigenvalue weighted by Crippen LogP contribution is 2.34. The number of aromatic nitrogens is 5. The Morgan fingerprint density at radius 3 is 2.51 bits per heavy atom. The lowest BCUT2D eigenvalue weighted by atomic mass is 10.0. The van der Waals surface area contributed by atoms with Gasteiger partial charge in [-0.1, -0.05) is 6.07 Å². The summed E-state index contributed by atoms with van der Waals surface area (Å²) in [6.07, 6.45) is 2.53. The molecule has 4 rings (SSSR count). The van der Waals surface area contributed by atoms with Gasteiger partial charge in [0.1, 0.15) is 11.1 Å². The number of aromatic amines is 1. The fourth-order valence-corrected chi connectivity index (χ4v) is 4.13. The predicted molar refractivity (Wildman–Crippen MR) is 144 cm³/mol. The number of fused-ring (bicyclic) bond motifs is 1. The summed E-state index contributed by atoms with van der Waals surface area (Å²) < 4.78 is 23.4. The monoisotopic (exact) mass is 538 g/mol. The molecular formula is C27H31FN6O5. The average molecular weight is 539 g/mol. The Morgan fingerprint density at radius 2 is 1.87 bits per heavy atom. The smallest absolute Gasteiger partial charge is 0.331 e. The van der Waals surface area contributed by atoms with Crippen LogP contribution in [-0.4, -0.2) is 47.9 Å². The van der Waals surface area contributed by atoms with Gasteiger partial charge in [-0.05, 0) is 52.3 Å². The molecule has 1 atom stereocenters. The van der Waals surface area contributed by atoms with Gasteiger partial charge >= 0.3 is 5.69 Å². The number of halogens is 1. The van der Waals surface area contributed by atoms with Crippen molar-refractivity contribution in [1.82, 2.24) is 24.3 Å². The highest BCUT2D eigenvalue weighted by molar-refractivity contribution is 5.97. The lowest BCUT2D eigenvalue weighted by Crippen LogP contribution is -2.43. The number of aliphatic hydroxyl groups is 1. The maximum atomic E-state index is 15.1. The summed E-state index contributed by atoms with van der Waals surface area (Å²) in [4.78, 5) is 43.0. The van der Waals surface area contributed by atoms with Crippen LogP contribution in [0.4, 0.5) is 10.2 Å². The summed E-state index contributed by atoms with van der Waals surface area (Å²) in [6.45, 7) is 8.61. The topological polar surface area (TPSA) is 144 Å². The van der Waals surface area contributed by atoms with Crippen molar-refractivity contribution in [3.8, 4) is 11.5 Å². The van der Waals surface area contributed by atoms with E-state index in [0.717, 1.165) is 4.57 Å². The predicted octanol–water partition coefficient (Wildman–Crippen LogP) is 3.59. The third-order valence-electron chi connectivity index (χ3n) is 6.18. The molecule has 0 aliphatic carbocycles. The summed E-state index contributed by atoms with van der Waals surface area (Å²) in [7, 11) is 0. The van der Waals surface area contributed by atoms with E-state index in [0.29, 0.717) is 22.4 Å². The number of hydrogen-bond acceptors (Lipinski definition) is 8. The van der Waals surface area contributed by atoms with Crippen LogP contribution < -0.4 is 21.3 Å². The molecule has 11 nitrogen and oxygen atoms in total. The van der Waals surface area contributed by atoms with Crippen LogP contribution in [0.1, 0.15) is 62.6 Å². The Labute approximate surface area is 223 Å². The van der Waals surface area contributed by atoms with E-state index in [1.807, 2.05) is 0 Å². The first-order chi connectivity index (χ1) is 18.5. The Balaban J connectivity index is 1.61. The van der Waals surface area contributed by atoms with E-state index in [4.69, 9.17) is 4.74 Å². The number of benzene rings is 1. The number of nitrogens with zero attached hydrogens (tertiary/aromatic N) is 4. The molecular weight excluding hydrogens is 507 g/mol. The van der Waals surface area contributed by atoms with Crippen molar-refractivity contribution in [2.24, 2.45) is 0 Å². The van der Waals surface area contributed by atoms with Crippen LogP contribution >= 0.6 is 0 Å². The molecule has 39 heavy (non-hydrogen) atoms. The minimum Gasteiger partial charge on any atom is -0.453 e. The number of ketones is 1. The molecule has 0 bridgehead atoms. The van der Waals surface area contributed by atoms with E-state index >= 15 is 4.39 Å². The molecule has 12 heteroatoms. The SMILES string of the molecule is CC(C)n1cc(C(=O)Cc2ccc(Oc3ccnc4[nH]nc(N[C@H](C)CO)c34)c(F)c2)c(=O)n(C(C)C)c1=O. The highest BCUT2D eigenvalue weighted by atomic mass is 19.1. The Hall–Kier alpha value is -4.32. The molecule has 0 radical (unpaired) electrons. The molecule has 206 valence electrons. The zero-order valence-electron chi connectivity index (χ0n) is 22.4. The first-order valence-electron chi connectivity index (χ1n) is 12.6. The van der Waals surface area contributed by atoms with Crippen molar-refractivity contribution in [2.75, 3.05) is 11.9 Å². The largest absolute Gasteiger partial charge is 0.453 e. The Bertz CT molecular complexity index is 1640. The van der Waals surface area contributed by atoms with Crippen molar-refractivity contribution >= 4 is 22.6 Å². The number of Topliss-reactive ketones (excluding diaryl/α,β-unsaturated/α-hetero) is 1. The van der Waals surface area contributed by atoms with Gasteiger partial charge in [-0.25, -0.2) is 14.2 Å². The van der Waals surface area contributed by atoms with Crippen LogP contribution in [0.5, 0.6) is 11.5 Å². The number of aliphatic hydroxyl groups excluding tert-OH is 1. The first kappa shape index (κ1) is 27.7. The van der Waals surface area contributed by atoms with Gasteiger partial charge in [0.2, 0.25) is 0 Å². The van der Waals surface area contributed by atoms with Crippen molar-refractivity contribution in [1.29, 1.82) is 0 Å². The van der Waals surface area contributed by atoms with E-state index in [9.17, 15) is 19.5 Å². The quantitative estimate of drug-likeness (QED) is 0.260. The van der Waals surface area contributed by atoms with E-state index in [1.165, 1.54) is 35.2 Å². The number of hydrogen-bond donors (Lipinski definition) is 3. The average Bonchev–Trinajstić information content (AvgIpc) is 3.28. The molecule has 0 aliphatic rings. The Morgan fingerprint density at radius 1 is 1.13 bits per heavy atom. The van der Waals surface area contributed by atoms with Gasteiger partial charge in [0, 0.05) is 43.0 Å². The third-order valence-corrected chi connectivity index (χ3v) is 6.18. The zero-order chi connectivity index (χ0) is 28.4. The van der Waals surface area contributed by atoms with E-state index in [1.54, 1.807) is 40.7 Å². The molecule has 3 N–H and O–H groups in total.